The van der Waals surface area contributed by atoms with Crippen molar-refractivity contribution < 1.29 is 18.0 Å². The standard InChI is InChI=1S/C22H18N4O4S/c1-14-6-8-15(9-7-14)21-23-24-22(30-21)31-13-20(27)26-17(19-5-3-11-29-19)12-16(25-26)18-4-2-10-28-18/h2-11,17H,12-13H2,1H3. The number of hydrogen-bond donors (Lipinski definition) is 0. The number of rotatable bonds is 6. The fraction of sp³-hybridized carbons (Fsp3) is 0.182. The summed E-state index contributed by atoms with van der Waals surface area (Å²) in [5.74, 6) is 1.63. The van der Waals surface area contributed by atoms with Crippen LogP contribution in [0.5, 0.6) is 0 Å². The minimum absolute atomic E-state index is 0.0989. The van der Waals surface area contributed by atoms with Gasteiger partial charge in [-0.05, 0) is 43.3 Å². The predicted octanol–water partition coefficient (Wildman–Crippen LogP) is 4.70. The van der Waals surface area contributed by atoms with Crippen LogP contribution in [0.4, 0.5) is 0 Å². The number of aryl methyl sites for hydroxylation is 1. The van der Waals surface area contributed by atoms with Crippen molar-refractivity contribution in [3.8, 4) is 11.5 Å². The van der Waals surface area contributed by atoms with Gasteiger partial charge in [-0.2, -0.15) is 5.10 Å². The maximum atomic E-state index is 13.0. The Morgan fingerprint density at radius 2 is 1.90 bits per heavy atom. The van der Waals surface area contributed by atoms with E-state index in [1.807, 2.05) is 43.3 Å². The zero-order chi connectivity index (χ0) is 21.2. The highest BCUT2D eigenvalue weighted by Gasteiger charge is 2.35. The number of hydrogen-bond acceptors (Lipinski definition) is 8. The van der Waals surface area contributed by atoms with Gasteiger partial charge in [0.15, 0.2) is 0 Å². The van der Waals surface area contributed by atoms with Crippen LogP contribution in [0.25, 0.3) is 11.5 Å². The van der Waals surface area contributed by atoms with Crippen molar-refractivity contribution in [2.75, 3.05) is 5.75 Å². The molecule has 1 aliphatic rings. The molecule has 1 unspecified atom stereocenters. The molecule has 0 saturated carbocycles. The SMILES string of the molecule is Cc1ccc(-c2nnc(SCC(=O)N3N=C(c4ccco4)CC3c3ccco3)o2)cc1. The summed E-state index contributed by atoms with van der Waals surface area (Å²) in [5, 5.41) is 14.4. The Balaban J connectivity index is 1.30. The lowest BCUT2D eigenvalue weighted by Crippen LogP contribution is -2.28. The van der Waals surface area contributed by atoms with E-state index in [1.165, 1.54) is 16.8 Å². The molecule has 9 heteroatoms. The molecule has 4 aromatic rings. The summed E-state index contributed by atoms with van der Waals surface area (Å²) in [6, 6.07) is 14.7. The fourth-order valence-electron chi connectivity index (χ4n) is 3.30. The second kappa shape index (κ2) is 8.27. The van der Waals surface area contributed by atoms with Gasteiger partial charge in [0.25, 0.3) is 11.1 Å². The molecule has 31 heavy (non-hydrogen) atoms. The molecule has 3 aromatic heterocycles. The Kier molecular flexibility index (Phi) is 5.17. The van der Waals surface area contributed by atoms with Crippen LogP contribution < -0.4 is 0 Å². The van der Waals surface area contributed by atoms with Crippen LogP contribution >= 0.6 is 11.8 Å². The van der Waals surface area contributed by atoms with Gasteiger partial charge in [0.2, 0.25) is 5.89 Å². The highest BCUT2D eigenvalue weighted by molar-refractivity contribution is 7.99. The van der Waals surface area contributed by atoms with E-state index in [0.717, 1.165) is 11.1 Å². The Bertz CT molecular complexity index is 1200. The van der Waals surface area contributed by atoms with Gasteiger partial charge in [-0.15, -0.1) is 10.2 Å². The minimum atomic E-state index is -0.325. The number of aromatic nitrogens is 2. The average Bonchev–Trinajstić information content (AvgIpc) is 3.58. The van der Waals surface area contributed by atoms with Crippen LogP contribution in [-0.2, 0) is 4.79 Å². The lowest BCUT2D eigenvalue weighted by Gasteiger charge is -2.19. The summed E-state index contributed by atoms with van der Waals surface area (Å²) in [6.45, 7) is 2.01. The van der Waals surface area contributed by atoms with E-state index in [0.29, 0.717) is 34.8 Å². The molecular formula is C22H18N4O4S. The van der Waals surface area contributed by atoms with E-state index >= 15 is 0 Å². The monoisotopic (exact) mass is 434 g/mol. The van der Waals surface area contributed by atoms with E-state index in [1.54, 1.807) is 24.7 Å². The normalized spacial score (nSPS) is 16.0. The molecule has 156 valence electrons. The maximum Gasteiger partial charge on any atom is 0.277 e. The van der Waals surface area contributed by atoms with Gasteiger partial charge in [0.05, 0.1) is 18.3 Å². The van der Waals surface area contributed by atoms with Crippen LogP contribution in [0.3, 0.4) is 0 Å². The number of carbonyl (C=O) groups is 1. The number of nitrogens with zero attached hydrogens (tertiary/aromatic N) is 4. The first-order valence-corrected chi connectivity index (χ1v) is 10.7. The van der Waals surface area contributed by atoms with Crippen molar-refractivity contribution in [3.63, 3.8) is 0 Å². The summed E-state index contributed by atoms with van der Waals surface area (Å²) in [7, 11) is 0. The number of benzene rings is 1. The Morgan fingerprint density at radius 3 is 2.65 bits per heavy atom. The molecule has 1 atom stereocenters. The lowest BCUT2D eigenvalue weighted by atomic mass is 10.1. The van der Waals surface area contributed by atoms with Gasteiger partial charge >= 0.3 is 0 Å². The first-order chi connectivity index (χ1) is 15.2. The zero-order valence-corrected chi connectivity index (χ0v) is 17.4. The van der Waals surface area contributed by atoms with Crippen LogP contribution in [0.2, 0.25) is 0 Å². The van der Waals surface area contributed by atoms with Gasteiger partial charge < -0.3 is 13.3 Å². The topological polar surface area (TPSA) is 97.9 Å². The molecule has 0 aliphatic carbocycles. The lowest BCUT2D eigenvalue weighted by molar-refractivity contribution is -0.130. The first-order valence-electron chi connectivity index (χ1n) is 9.67. The first kappa shape index (κ1) is 19.4. The molecular weight excluding hydrogens is 416 g/mol. The summed E-state index contributed by atoms with van der Waals surface area (Å²) in [6.07, 6.45) is 3.68. The van der Waals surface area contributed by atoms with Crippen molar-refractivity contribution in [2.24, 2.45) is 5.10 Å². The highest BCUT2D eigenvalue weighted by atomic mass is 32.2. The Morgan fingerprint density at radius 1 is 1.10 bits per heavy atom. The molecule has 8 nitrogen and oxygen atoms in total. The highest BCUT2D eigenvalue weighted by Crippen LogP contribution is 2.34. The van der Waals surface area contributed by atoms with E-state index in [9.17, 15) is 4.79 Å². The smallest absolute Gasteiger partial charge is 0.277 e. The number of thioether (sulfide) groups is 1. The molecule has 5 rings (SSSR count). The van der Waals surface area contributed by atoms with Crippen molar-refractivity contribution >= 4 is 23.4 Å². The molecule has 0 spiro atoms. The third kappa shape index (κ3) is 4.04. The van der Waals surface area contributed by atoms with E-state index < -0.39 is 0 Å². The van der Waals surface area contributed by atoms with Crippen molar-refractivity contribution in [2.45, 2.75) is 24.6 Å². The number of hydrazone groups is 1. The molecule has 1 amide bonds. The van der Waals surface area contributed by atoms with Crippen molar-refractivity contribution in [1.29, 1.82) is 0 Å². The minimum Gasteiger partial charge on any atom is -0.467 e. The van der Waals surface area contributed by atoms with Crippen LogP contribution in [-0.4, -0.2) is 32.6 Å². The average molecular weight is 434 g/mol. The Hall–Kier alpha value is -3.59. The second-order valence-corrected chi connectivity index (χ2v) is 7.95. The third-order valence-electron chi connectivity index (χ3n) is 4.87. The van der Waals surface area contributed by atoms with Crippen molar-refractivity contribution in [3.05, 3.63) is 78.1 Å². The predicted molar refractivity (Wildman–Crippen MR) is 113 cm³/mol. The fourth-order valence-corrected chi connectivity index (χ4v) is 3.92. The van der Waals surface area contributed by atoms with E-state index in [2.05, 4.69) is 15.3 Å². The Labute approximate surface area is 181 Å². The van der Waals surface area contributed by atoms with Crippen LogP contribution in [0.15, 0.2) is 84.6 Å². The van der Waals surface area contributed by atoms with Crippen LogP contribution in [0, 0.1) is 6.92 Å². The largest absolute Gasteiger partial charge is 0.467 e. The maximum absolute atomic E-state index is 13.0. The molecule has 1 aliphatic heterocycles. The molecule has 0 N–H and O–H groups in total. The van der Waals surface area contributed by atoms with Gasteiger partial charge in [-0.3, -0.25) is 4.79 Å². The summed E-state index contributed by atoms with van der Waals surface area (Å²) >= 11 is 1.18. The molecule has 0 radical (unpaired) electrons. The van der Waals surface area contributed by atoms with Crippen LogP contribution in [0.1, 0.15) is 29.5 Å². The van der Waals surface area contributed by atoms with Gasteiger partial charge in [-0.25, -0.2) is 5.01 Å². The summed E-state index contributed by atoms with van der Waals surface area (Å²) in [5.41, 5.74) is 2.68. The quantitative estimate of drug-likeness (QED) is 0.406. The molecule has 0 saturated heterocycles. The zero-order valence-electron chi connectivity index (χ0n) is 16.6. The molecule has 0 bridgehead atoms. The number of amides is 1. The number of furan rings is 2. The second-order valence-electron chi connectivity index (χ2n) is 7.03. The number of carbonyl (C=O) groups excluding carboxylic acids is 1. The van der Waals surface area contributed by atoms with Gasteiger partial charge in [0.1, 0.15) is 23.3 Å². The summed E-state index contributed by atoms with van der Waals surface area (Å²) < 4.78 is 16.7. The molecule has 4 heterocycles. The van der Waals surface area contributed by atoms with E-state index in [4.69, 9.17) is 13.3 Å². The molecule has 0 fully saturated rings. The van der Waals surface area contributed by atoms with E-state index in [-0.39, 0.29) is 17.7 Å². The third-order valence-corrected chi connectivity index (χ3v) is 5.67. The summed E-state index contributed by atoms with van der Waals surface area (Å²) in [4.78, 5) is 13.0. The van der Waals surface area contributed by atoms with Gasteiger partial charge in [-0.1, -0.05) is 29.5 Å². The van der Waals surface area contributed by atoms with Crippen molar-refractivity contribution in [1.82, 2.24) is 15.2 Å². The molecule has 1 aromatic carbocycles. The van der Waals surface area contributed by atoms with Gasteiger partial charge in [0, 0.05) is 12.0 Å².